The Bertz CT molecular complexity index is 1460. The summed E-state index contributed by atoms with van der Waals surface area (Å²) in [4.78, 5) is 44.9. The number of pyridine rings is 1. The maximum atomic E-state index is 13.8. The molecule has 0 saturated heterocycles. The Balaban J connectivity index is 1.74. The normalized spacial score (nSPS) is 27.2. The van der Waals surface area contributed by atoms with Gasteiger partial charge in [-0.1, -0.05) is 6.07 Å². The molecule has 0 unspecified atom stereocenters. The Hall–Kier alpha value is -4.02. The molecule has 192 valence electrons. The van der Waals surface area contributed by atoms with E-state index in [0.717, 1.165) is 11.1 Å². The third-order valence-electron chi connectivity index (χ3n) is 7.94. The highest BCUT2D eigenvalue weighted by Gasteiger charge is 2.63. The minimum Gasteiger partial charge on any atom is -0.510 e. The van der Waals surface area contributed by atoms with Crippen molar-refractivity contribution in [2.24, 2.45) is 17.6 Å². The highest BCUT2D eigenvalue weighted by molar-refractivity contribution is 6.24. The van der Waals surface area contributed by atoms with Crippen LogP contribution >= 0.6 is 0 Å². The summed E-state index contributed by atoms with van der Waals surface area (Å²) >= 11 is 0. The highest BCUT2D eigenvalue weighted by atomic mass is 16.3. The van der Waals surface area contributed by atoms with E-state index < -0.39 is 58.0 Å². The van der Waals surface area contributed by atoms with E-state index in [9.17, 15) is 34.8 Å². The Morgan fingerprint density at radius 1 is 1.14 bits per heavy atom. The minimum absolute atomic E-state index is 0.0264. The number of primary amides is 1. The second-order valence-corrected chi connectivity index (χ2v) is 10.1. The van der Waals surface area contributed by atoms with Crippen LogP contribution in [0.5, 0.6) is 5.75 Å². The van der Waals surface area contributed by atoms with Gasteiger partial charge in [0.25, 0.3) is 5.91 Å². The number of nitrogens with two attached hydrogens (primary N) is 1. The molecule has 4 atom stereocenters. The number of hydrogen-bond acceptors (Lipinski definition) is 9. The number of benzene rings is 1. The van der Waals surface area contributed by atoms with Gasteiger partial charge in [0.2, 0.25) is 5.78 Å². The SMILES string of the molecule is Cc1ccncc1-c1ccc(O)c2c1C[C@H]1C[C@H]3[C@H](N(C)C)C(O)=C(C(N)=O)C(=O)[C@@]3(O)C(O)=C1C2=O. The first-order chi connectivity index (χ1) is 17.4. The number of Topliss-reactive ketones (excluding diaryl/α,β-unsaturated/α-hetero) is 2. The molecular formula is C27H27N3O7. The van der Waals surface area contributed by atoms with Gasteiger partial charge in [0.05, 0.1) is 11.6 Å². The number of ketones is 2. The molecule has 0 fully saturated rings. The molecule has 3 aliphatic carbocycles. The second kappa shape index (κ2) is 8.25. The number of aryl methyl sites for hydroxylation is 1. The van der Waals surface area contributed by atoms with E-state index in [1.54, 1.807) is 32.6 Å². The van der Waals surface area contributed by atoms with Crippen molar-refractivity contribution >= 4 is 17.5 Å². The molecule has 1 aromatic heterocycles. The fourth-order valence-corrected chi connectivity index (χ4v) is 6.25. The molecule has 10 heteroatoms. The highest BCUT2D eigenvalue weighted by Crippen LogP contribution is 2.53. The fourth-order valence-electron chi connectivity index (χ4n) is 6.25. The summed E-state index contributed by atoms with van der Waals surface area (Å²) in [7, 11) is 3.18. The summed E-state index contributed by atoms with van der Waals surface area (Å²) < 4.78 is 0. The Kier molecular flexibility index (Phi) is 5.50. The molecule has 0 saturated carbocycles. The standard InChI is InChI=1S/C27H27N3O7/c1-11-6-7-29-10-15(11)13-4-5-17(31)19-14(13)8-12-9-16-21(30(2)3)23(33)20(26(28)36)25(35)27(16,37)24(34)18(12)22(19)32/h4-7,10,12,16,21,31,33-34,37H,8-9H2,1-3H3,(H2,28,36)/t12-,16-,21-,27-/m0/s1. The number of carbonyl (C=O) groups is 3. The number of aliphatic hydroxyl groups is 3. The molecule has 1 heterocycles. The van der Waals surface area contributed by atoms with Gasteiger partial charge in [0.15, 0.2) is 11.4 Å². The summed E-state index contributed by atoms with van der Waals surface area (Å²) in [6.07, 6.45) is 3.57. The van der Waals surface area contributed by atoms with Crippen molar-refractivity contribution < 1.29 is 34.8 Å². The van der Waals surface area contributed by atoms with Crippen LogP contribution in [0, 0.1) is 18.8 Å². The number of aliphatic hydroxyl groups excluding tert-OH is 2. The number of phenols is 1. The molecule has 0 radical (unpaired) electrons. The molecule has 1 amide bonds. The van der Waals surface area contributed by atoms with Gasteiger partial charge < -0.3 is 26.2 Å². The van der Waals surface area contributed by atoms with Crippen LogP contribution < -0.4 is 5.73 Å². The van der Waals surface area contributed by atoms with Crippen molar-refractivity contribution in [2.45, 2.75) is 31.4 Å². The lowest BCUT2D eigenvalue weighted by Gasteiger charge is -2.50. The van der Waals surface area contributed by atoms with Gasteiger partial charge in [0.1, 0.15) is 22.8 Å². The summed E-state index contributed by atoms with van der Waals surface area (Å²) in [5.41, 5.74) is 4.62. The fraction of sp³-hybridized carbons (Fsp3) is 0.333. The average Bonchev–Trinajstić information content (AvgIpc) is 2.82. The van der Waals surface area contributed by atoms with Gasteiger partial charge in [-0.15, -0.1) is 0 Å². The lowest BCUT2D eigenvalue weighted by molar-refractivity contribution is -0.148. The molecule has 2 aromatic rings. The number of aromatic nitrogens is 1. The molecule has 37 heavy (non-hydrogen) atoms. The zero-order valence-electron chi connectivity index (χ0n) is 20.5. The molecule has 0 spiro atoms. The third kappa shape index (κ3) is 3.25. The van der Waals surface area contributed by atoms with E-state index in [-0.39, 0.29) is 29.7 Å². The monoisotopic (exact) mass is 505 g/mol. The Morgan fingerprint density at radius 3 is 2.46 bits per heavy atom. The molecule has 0 bridgehead atoms. The Morgan fingerprint density at radius 2 is 1.84 bits per heavy atom. The van der Waals surface area contributed by atoms with Gasteiger partial charge in [-0.2, -0.15) is 0 Å². The van der Waals surface area contributed by atoms with E-state index >= 15 is 0 Å². The summed E-state index contributed by atoms with van der Waals surface area (Å²) in [6, 6.07) is 3.89. The number of hydrogen-bond donors (Lipinski definition) is 5. The van der Waals surface area contributed by atoms with Gasteiger partial charge in [-0.3, -0.25) is 24.3 Å². The number of carbonyl (C=O) groups excluding carboxylic acids is 3. The Labute approximate surface area is 212 Å². The number of allylic oxidation sites excluding steroid dienone is 1. The van der Waals surface area contributed by atoms with E-state index in [1.165, 1.54) is 11.0 Å². The average molecular weight is 506 g/mol. The number of fused-ring (bicyclic) bond motifs is 3. The molecule has 3 aliphatic rings. The van der Waals surface area contributed by atoms with Crippen LogP contribution in [0.25, 0.3) is 11.1 Å². The van der Waals surface area contributed by atoms with Gasteiger partial charge >= 0.3 is 0 Å². The van der Waals surface area contributed by atoms with Crippen LogP contribution in [0.2, 0.25) is 0 Å². The van der Waals surface area contributed by atoms with E-state index in [2.05, 4.69) is 4.98 Å². The summed E-state index contributed by atoms with van der Waals surface area (Å²) in [5, 5.41) is 44.5. The molecule has 6 N–H and O–H groups in total. The van der Waals surface area contributed by atoms with Gasteiger partial charge in [0, 0.05) is 29.4 Å². The molecular weight excluding hydrogens is 478 g/mol. The first kappa shape index (κ1) is 24.7. The number of aromatic hydroxyl groups is 1. The zero-order valence-corrected chi connectivity index (χ0v) is 20.5. The van der Waals surface area contributed by atoms with Crippen molar-refractivity contribution in [2.75, 3.05) is 14.1 Å². The largest absolute Gasteiger partial charge is 0.510 e. The maximum Gasteiger partial charge on any atom is 0.255 e. The number of nitrogens with zero attached hydrogens (tertiary/aromatic N) is 2. The van der Waals surface area contributed by atoms with Crippen LogP contribution in [-0.2, 0) is 16.0 Å². The number of rotatable bonds is 3. The first-order valence-electron chi connectivity index (χ1n) is 11.8. The van der Waals surface area contributed by atoms with Gasteiger partial charge in [-0.05, 0) is 68.6 Å². The summed E-state index contributed by atoms with van der Waals surface area (Å²) in [6.45, 7) is 1.90. The van der Waals surface area contributed by atoms with Crippen LogP contribution in [0.15, 0.2) is 53.3 Å². The lowest BCUT2D eigenvalue weighted by Crippen LogP contribution is -2.63. The van der Waals surface area contributed by atoms with Crippen molar-refractivity contribution in [3.05, 3.63) is 69.9 Å². The van der Waals surface area contributed by atoms with Crippen molar-refractivity contribution in [3.8, 4) is 16.9 Å². The smallest absolute Gasteiger partial charge is 0.255 e. The molecule has 0 aliphatic heterocycles. The van der Waals surface area contributed by atoms with Crippen LogP contribution in [0.1, 0.15) is 27.9 Å². The van der Waals surface area contributed by atoms with Crippen LogP contribution in [0.4, 0.5) is 0 Å². The summed E-state index contributed by atoms with van der Waals surface area (Å²) in [5.74, 6) is -6.71. The number of amides is 1. The quantitative estimate of drug-likeness (QED) is 0.387. The van der Waals surface area contributed by atoms with Crippen molar-refractivity contribution in [1.29, 1.82) is 0 Å². The van der Waals surface area contributed by atoms with Crippen molar-refractivity contribution in [1.82, 2.24) is 9.88 Å². The second-order valence-electron chi connectivity index (χ2n) is 10.1. The van der Waals surface area contributed by atoms with E-state index in [4.69, 9.17) is 5.73 Å². The molecule has 5 rings (SSSR count). The molecule has 10 nitrogen and oxygen atoms in total. The maximum absolute atomic E-state index is 13.8. The van der Waals surface area contributed by atoms with E-state index in [0.29, 0.717) is 11.1 Å². The first-order valence-corrected chi connectivity index (χ1v) is 11.8. The molecule has 1 aromatic carbocycles. The number of phenolic OH excluding ortho intramolecular Hbond substituents is 1. The predicted octanol–water partition coefficient (Wildman–Crippen LogP) is 1.49. The van der Waals surface area contributed by atoms with Crippen LogP contribution in [0.3, 0.4) is 0 Å². The van der Waals surface area contributed by atoms with Crippen molar-refractivity contribution in [3.63, 3.8) is 0 Å². The number of likely N-dealkylation sites (N-methyl/N-ethyl adjacent to an activating group) is 1. The third-order valence-corrected chi connectivity index (χ3v) is 7.94. The topological polar surface area (TPSA) is 174 Å². The van der Waals surface area contributed by atoms with Crippen LogP contribution in [-0.4, -0.2) is 73.5 Å². The lowest BCUT2D eigenvalue weighted by atomic mass is 9.58. The zero-order chi connectivity index (χ0) is 27.0. The minimum atomic E-state index is -2.66. The van der Waals surface area contributed by atoms with E-state index in [1.807, 2.05) is 13.0 Å². The predicted molar refractivity (Wildman–Crippen MR) is 132 cm³/mol. The van der Waals surface area contributed by atoms with Gasteiger partial charge in [-0.25, -0.2) is 0 Å².